The van der Waals surface area contributed by atoms with E-state index >= 15 is 0 Å². The Hall–Kier alpha value is -1.63. The molecule has 3 amide bonds. The fourth-order valence-electron chi connectivity index (χ4n) is 2.87. The van der Waals surface area contributed by atoms with Gasteiger partial charge in [0.1, 0.15) is 15.8 Å². The summed E-state index contributed by atoms with van der Waals surface area (Å²) < 4.78 is 0.950. The minimum absolute atomic E-state index is 0.116. The number of urea groups is 1. The molecule has 8 heteroatoms. The monoisotopic (exact) mass is 441 g/mol. The summed E-state index contributed by atoms with van der Waals surface area (Å²) in [5.41, 5.74) is 0.248. The van der Waals surface area contributed by atoms with Crippen molar-refractivity contribution in [3.8, 4) is 0 Å². The molecule has 5 nitrogen and oxygen atoms in total. The van der Waals surface area contributed by atoms with Gasteiger partial charge in [0.2, 0.25) is 0 Å². The predicted octanol–water partition coefficient (Wildman–Crippen LogP) is 4.60. The number of nitrogens with zero attached hydrogens (tertiary/aromatic N) is 2. The van der Waals surface area contributed by atoms with E-state index in [1.165, 1.54) is 12.1 Å². The SMILES string of the molecule is CC[C@]1(Cc2ccc(Br)cc2)NC(=O)N(c2cc(Cl)nc(Cl)c2)C1=O. The van der Waals surface area contributed by atoms with Crippen LogP contribution in [0.4, 0.5) is 10.5 Å². The Kier molecular flexibility index (Phi) is 5.04. The van der Waals surface area contributed by atoms with Gasteiger partial charge in [-0.1, -0.05) is 58.2 Å². The maximum atomic E-state index is 13.1. The number of carbonyl (C=O) groups excluding carboxylic acids is 2. The van der Waals surface area contributed by atoms with Crippen LogP contribution in [0, 0.1) is 0 Å². The molecule has 1 atom stereocenters. The van der Waals surface area contributed by atoms with E-state index in [0.717, 1.165) is 14.9 Å². The highest BCUT2D eigenvalue weighted by atomic mass is 79.9. The summed E-state index contributed by atoms with van der Waals surface area (Å²) in [6, 6.07) is 10.0. The first-order chi connectivity index (χ1) is 11.8. The summed E-state index contributed by atoms with van der Waals surface area (Å²) in [5, 5.41) is 3.07. The lowest BCUT2D eigenvalue weighted by atomic mass is 9.88. The van der Waals surface area contributed by atoms with Gasteiger partial charge in [0.05, 0.1) is 5.69 Å². The number of hydrogen-bond acceptors (Lipinski definition) is 3. The van der Waals surface area contributed by atoms with Gasteiger partial charge in [0.15, 0.2) is 0 Å². The lowest BCUT2D eigenvalue weighted by Crippen LogP contribution is -2.48. The molecule has 1 aliphatic rings. The maximum absolute atomic E-state index is 13.1. The molecule has 2 aromatic rings. The smallest absolute Gasteiger partial charge is 0.322 e. The number of amides is 3. The number of halogens is 3. The Bertz CT molecular complexity index is 824. The zero-order valence-corrected chi connectivity index (χ0v) is 16.3. The first kappa shape index (κ1) is 18.2. The lowest BCUT2D eigenvalue weighted by molar-refractivity contribution is -0.122. The van der Waals surface area contributed by atoms with Crippen LogP contribution in [-0.4, -0.2) is 22.5 Å². The van der Waals surface area contributed by atoms with Crippen molar-refractivity contribution >= 4 is 56.8 Å². The standard InChI is InChI=1S/C17H14BrCl2N3O2/c1-2-17(9-10-3-5-11(18)6-4-10)15(24)23(16(25)22-17)12-7-13(19)21-14(20)8-12/h3-8H,2,9H2,1H3,(H,22,25)/t17-/m1/s1. The summed E-state index contributed by atoms with van der Waals surface area (Å²) >= 11 is 15.2. The van der Waals surface area contributed by atoms with Crippen LogP contribution in [0.25, 0.3) is 0 Å². The van der Waals surface area contributed by atoms with Gasteiger partial charge >= 0.3 is 6.03 Å². The van der Waals surface area contributed by atoms with Gasteiger partial charge in [-0.25, -0.2) is 14.7 Å². The summed E-state index contributed by atoms with van der Waals surface area (Å²) in [6.07, 6.45) is 0.848. The highest BCUT2D eigenvalue weighted by molar-refractivity contribution is 9.10. The Morgan fingerprint density at radius 3 is 2.32 bits per heavy atom. The van der Waals surface area contributed by atoms with E-state index in [-0.39, 0.29) is 16.2 Å². The van der Waals surface area contributed by atoms with Gasteiger partial charge in [-0.05, 0) is 36.2 Å². The van der Waals surface area contributed by atoms with E-state index in [9.17, 15) is 9.59 Å². The average Bonchev–Trinajstić information content (AvgIpc) is 2.79. The second-order valence-corrected chi connectivity index (χ2v) is 7.47. The molecule has 1 aliphatic heterocycles. The molecule has 0 saturated carbocycles. The van der Waals surface area contributed by atoms with Gasteiger partial charge in [-0.15, -0.1) is 0 Å². The average molecular weight is 443 g/mol. The molecule has 2 heterocycles. The third kappa shape index (κ3) is 3.52. The molecule has 0 radical (unpaired) electrons. The van der Waals surface area contributed by atoms with E-state index in [4.69, 9.17) is 23.2 Å². The van der Waals surface area contributed by atoms with Crippen LogP contribution in [0.2, 0.25) is 10.3 Å². The molecular formula is C17H14BrCl2N3O2. The Morgan fingerprint density at radius 1 is 1.16 bits per heavy atom. The number of nitrogens with one attached hydrogen (secondary N) is 1. The Morgan fingerprint density at radius 2 is 1.76 bits per heavy atom. The molecule has 1 fully saturated rings. The van der Waals surface area contributed by atoms with Crippen molar-refractivity contribution in [2.45, 2.75) is 25.3 Å². The largest absolute Gasteiger partial charge is 0.329 e. The summed E-state index contributed by atoms with van der Waals surface area (Å²) in [5.74, 6) is -0.332. The first-order valence-electron chi connectivity index (χ1n) is 7.59. The van der Waals surface area contributed by atoms with Gasteiger partial charge in [-0.2, -0.15) is 0 Å². The van der Waals surface area contributed by atoms with Crippen LogP contribution in [0.5, 0.6) is 0 Å². The van der Waals surface area contributed by atoms with E-state index in [0.29, 0.717) is 18.5 Å². The number of rotatable bonds is 4. The number of carbonyl (C=O) groups is 2. The highest BCUT2D eigenvalue weighted by Gasteiger charge is 2.50. The van der Waals surface area contributed by atoms with Crippen LogP contribution in [0.3, 0.4) is 0 Å². The van der Waals surface area contributed by atoms with Crippen LogP contribution in [-0.2, 0) is 11.2 Å². The van der Waals surface area contributed by atoms with E-state index < -0.39 is 11.6 Å². The Labute approximate surface area is 163 Å². The molecule has 130 valence electrons. The summed E-state index contributed by atoms with van der Waals surface area (Å²) in [7, 11) is 0. The zero-order chi connectivity index (χ0) is 18.2. The van der Waals surface area contributed by atoms with Crippen LogP contribution in [0.15, 0.2) is 40.9 Å². The van der Waals surface area contributed by atoms with Crippen molar-refractivity contribution in [1.82, 2.24) is 10.3 Å². The number of anilines is 1. The number of pyridine rings is 1. The third-order valence-electron chi connectivity index (χ3n) is 4.19. The van der Waals surface area contributed by atoms with Crippen LogP contribution >= 0.6 is 39.1 Å². The maximum Gasteiger partial charge on any atom is 0.329 e. The predicted molar refractivity (Wildman–Crippen MR) is 101 cm³/mol. The van der Waals surface area contributed by atoms with Gasteiger partial charge in [-0.3, -0.25) is 4.79 Å². The highest BCUT2D eigenvalue weighted by Crippen LogP contribution is 2.32. The lowest BCUT2D eigenvalue weighted by Gasteiger charge is -2.25. The van der Waals surface area contributed by atoms with Crippen molar-refractivity contribution in [2.75, 3.05) is 4.90 Å². The second kappa shape index (κ2) is 6.94. The number of hydrogen-bond donors (Lipinski definition) is 1. The van der Waals surface area contributed by atoms with Crippen LogP contribution < -0.4 is 10.2 Å². The summed E-state index contributed by atoms with van der Waals surface area (Å²) in [4.78, 5) is 30.5. The minimum Gasteiger partial charge on any atom is -0.322 e. The molecule has 0 bridgehead atoms. The van der Waals surface area contributed by atoms with Crippen LogP contribution in [0.1, 0.15) is 18.9 Å². The number of imide groups is 1. The molecule has 25 heavy (non-hydrogen) atoms. The Balaban J connectivity index is 1.96. The third-order valence-corrected chi connectivity index (χ3v) is 5.11. The fourth-order valence-corrected chi connectivity index (χ4v) is 3.58. The van der Waals surface area contributed by atoms with Gasteiger partial charge < -0.3 is 5.32 Å². The van der Waals surface area contributed by atoms with E-state index in [1.807, 2.05) is 31.2 Å². The topological polar surface area (TPSA) is 62.3 Å². The van der Waals surface area contributed by atoms with Crippen molar-refractivity contribution in [2.24, 2.45) is 0 Å². The van der Waals surface area contributed by atoms with Crippen molar-refractivity contribution in [1.29, 1.82) is 0 Å². The number of aromatic nitrogens is 1. The van der Waals surface area contributed by atoms with E-state index in [2.05, 4.69) is 26.2 Å². The first-order valence-corrected chi connectivity index (χ1v) is 9.14. The molecular weight excluding hydrogens is 429 g/mol. The quantitative estimate of drug-likeness (QED) is 0.555. The molecule has 1 saturated heterocycles. The van der Waals surface area contributed by atoms with Gasteiger partial charge in [0.25, 0.3) is 5.91 Å². The normalized spacial score (nSPS) is 20.1. The molecule has 0 unspecified atom stereocenters. The molecule has 1 N–H and O–H groups in total. The molecule has 1 aromatic carbocycles. The number of benzene rings is 1. The molecule has 1 aromatic heterocycles. The van der Waals surface area contributed by atoms with Crippen molar-refractivity contribution in [3.63, 3.8) is 0 Å². The molecule has 3 rings (SSSR count). The minimum atomic E-state index is -1.01. The molecule has 0 aliphatic carbocycles. The second-order valence-electron chi connectivity index (χ2n) is 5.78. The van der Waals surface area contributed by atoms with Crippen molar-refractivity contribution in [3.05, 3.63) is 56.7 Å². The van der Waals surface area contributed by atoms with E-state index in [1.54, 1.807) is 0 Å². The molecule has 0 spiro atoms. The fraction of sp³-hybridized carbons (Fsp3) is 0.235. The van der Waals surface area contributed by atoms with Gasteiger partial charge in [0, 0.05) is 10.9 Å². The summed E-state index contributed by atoms with van der Waals surface area (Å²) in [6.45, 7) is 1.87. The zero-order valence-electron chi connectivity index (χ0n) is 13.2. The van der Waals surface area contributed by atoms with Crippen molar-refractivity contribution < 1.29 is 9.59 Å².